The Morgan fingerprint density at radius 3 is 2.22 bits per heavy atom. The summed E-state index contributed by atoms with van der Waals surface area (Å²) in [4.78, 5) is 14.6. The second kappa shape index (κ2) is 11.3. The van der Waals surface area contributed by atoms with E-state index in [9.17, 15) is 36.6 Å². The molecule has 3 saturated carbocycles. The minimum atomic E-state index is -4.85. The first-order valence-corrected chi connectivity index (χ1v) is 18.9. The molecule has 6 aliphatic carbocycles. The van der Waals surface area contributed by atoms with Gasteiger partial charge in [0.15, 0.2) is 5.78 Å². The van der Waals surface area contributed by atoms with E-state index in [2.05, 4.69) is 29.9 Å². The number of alkyl halides is 3. The van der Waals surface area contributed by atoms with Crippen LogP contribution in [0, 0.1) is 33.5 Å². The lowest BCUT2D eigenvalue weighted by Gasteiger charge is -2.71. The van der Waals surface area contributed by atoms with E-state index in [0.29, 0.717) is 43.2 Å². The molecular weight excluding hydrogens is 655 g/mol. The SMILES string of the molecule is C[C@]12CC[C@H]3[C@]4(C=C[C@@]5(C=C4C(=O)c4ccccc4)CC(O)CC[C@]35C)[C@@H]1CC[C@@]2(O)CN(Cc1ccc(OC(F)(F)F)cc1)S(C)(=O)=O. The molecule has 8 atom stereocenters. The summed E-state index contributed by atoms with van der Waals surface area (Å²) in [6.45, 7) is 4.02. The molecule has 2 bridgehead atoms. The topological polar surface area (TPSA) is 104 Å². The number of aliphatic hydroxyl groups excluding tert-OH is 1. The van der Waals surface area contributed by atoms with Crippen LogP contribution in [0.4, 0.5) is 13.2 Å². The molecule has 3 fully saturated rings. The normalized spacial score (nSPS) is 38.1. The summed E-state index contributed by atoms with van der Waals surface area (Å²) in [5.41, 5.74) is -1.80. The van der Waals surface area contributed by atoms with Gasteiger partial charge in [-0.1, -0.05) is 74.5 Å². The van der Waals surface area contributed by atoms with Crippen molar-refractivity contribution in [2.75, 3.05) is 12.8 Å². The molecule has 2 aromatic rings. The number of nitrogens with zero attached hydrogens (tertiary/aromatic N) is 1. The molecule has 2 aromatic carbocycles. The summed E-state index contributed by atoms with van der Waals surface area (Å²) >= 11 is 0. The number of fused-ring (bicyclic) bond motifs is 1. The molecule has 2 N–H and O–H groups in total. The zero-order valence-electron chi connectivity index (χ0n) is 28.0. The molecule has 0 saturated heterocycles. The number of aliphatic hydroxyl groups is 2. The van der Waals surface area contributed by atoms with Gasteiger partial charge in [-0.15, -0.1) is 13.2 Å². The second-order valence-corrected chi connectivity index (χ2v) is 17.7. The molecule has 8 rings (SSSR count). The third kappa shape index (κ3) is 5.24. The summed E-state index contributed by atoms with van der Waals surface area (Å²) in [6, 6.07) is 14.3. The number of ether oxygens (including phenoxy) is 1. The highest BCUT2D eigenvalue weighted by atomic mass is 32.2. The number of Topliss-reactive ketones (excluding diaryl/α,β-unsaturated/α-hetero) is 1. The molecule has 1 unspecified atom stereocenters. The highest BCUT2D eigenvalue weighted by molar-refractivity contribution is 7.88. The standard InChI is InChI=1S/C38H44F3NO6S/c1-33-16-13-27(43)21-35(33)19-20-37(29(22-35)32(44)26-7-5-4-6-8-26)30(33)14-17-34(2)31(37)15-18-36(34,45)24-42(49(3,46)47)23-25-9-11-28(12-10-25)48-38(39,40)41/h4-12,19-20,22,27,30-31,43,45H,13-18,21,23-24H2,1-3H3/t27?,30-,31-,33-,34+,35+,36-,37-/m1/s1. The predicted molar refractivity (Wildman–Crippen MR) is 178 cm³/mol. The lowest BCUT2D eigenvalue weighted by molar-refractivity contribution is -0.274. The van der Waals surface area contributed by atoms with Gasteiger partial charge in [-0.3, -0.25) is 4.79 Å². The molecule has 2 spiro atoms. The van der Waals surface area contributed by atoms with Gasteiger partial charge >= 0.3 is 6.36 Å². The van der Waals surface area contributed by atoms with E-state index in [-0.39, 0.29) is 36.1 Å². The number of carbonyl (C=O) groups is 1. The Morgan fingerprint density at radius 1 is 0.939 bits per heavy atom. The van der Waals surface area contributed by atoms with Crippen LogP contribution in [-0.2, 0) is 16.6 Å². The van der Waals surface area contributed by atoms with Gasteiger partial charge in [-0.2, -0.15) is 4.31 Å². The Labute approximate surface area is 285 Å². The van der Waals surface area contributed by atoms with Crippen molar-refractivity contribution in [2.24, 2.45) is 33.5 Å². The first-order chi connectivity index (χ1) is 22.9. The number of allylic oxidation sites excluding steroid dienone is 4. The summed E-state index contributed by atoms with van der Waals surface area (Å²) in [5, 5.41) is 23.6. The van der Waals surface area contributed by atoms with Crippen LogP contribution in [0.5, 0.6) is 5.75 Å². The molecule has 7 nitrogen and oxygen atoms in total. The van der Waals surface area contributed by atoms with Crippen molar-refractivity contribution in [2.45, 2.75) is 83.4 Å². The Hall–Kier alpha value is -2.99. The third-order valence-corrected chi connectivity index (χ3v) is 14.6. The van der Waals surface area contributed by atoms with Crippen LogP contribution in [0.15, 0.2) is 78.4 Å². The van der Waals surface area contributed by atoms with Gasteiger partial charge in [-0.05, 0) is 79.9 Å². The van der Waals surface area contributed by atoms with Crippen molar-refractivity contribution in [3.05, 3.63) is 89.5 Å². The first kappa shape index (κ1) is 34.5. The van der Waals surface area contributed by atoms with Crippen molar-refractivity contribution in [3.8, 4) is 5.75 Å². The van der Waals surface area contributed by atoms with Crippen molar-refractivity contribution >= 4 is 15.8 Å². The number of rotatable bonds is 8. The number of benzene rings is 2. The number of halogens is 3. The molecule has 0 aromatic heterocycles. The summed E-state index contributed by atoms with van der Waals surface area (Å²) < 4.78 is 69.7. The fourth-order valence-electron chi connectivity index (χ4n) is 10.9. The average molecular weight is 700 g/mol. The van der Waals surface area contributed by atoms with E-state index in [1.165, 1.54) is 16.4 Å². The van der Waals surface area contributed by atoms with E-state index < -0.39 is 50.1 Å². The molecule has 11 heteroatoms. The number of hydrogen-bond donors (Lipinski definition) is 2. The van der Waals surface area contributed by atoms with Crippen molar-refractivity contribution in [1.82, 2.24) is 4.31 Å². The van der Waals surface area contributed by atoms with Crippen molar-refractivity contribution in [1.29, 1.82) is 0 Å². The molecule has 0 amide bonds. The van der Waals surface area contributed by atoms with Crippen molar-refractivity contribution in [3.63, 3.8) is 0 Å². The van der Waals surface area contributed by atoms with E-state index in [1.54, 1.807) is 0 Å². The minimum absolute atomic E-state index is 0.0492. The van der Waals surface area contributed by atoms with Gasteiger partial charge in [0.2, 0.25) is 10.0 Å². The number of carbonyl (C=O) groups excluding carboxylic acids is 1. The number of hydrogen-bond acceptors (Lipinski definition) is 6. The van der Waals surface area contributed by atoms with E-state index >= 15 is 0 Å². The molecule has 6 aliphatic rings. The maximum Gasteiger partial charge on any atom is 0.573 e. The van der Waals surface area contributed by atoms with Crippen LogP contribution < -0.4 is 4.74 Å². The van der Waals surface area contributed by atoms with Crippen LogP contribution in [0.3, 0.4) is 0 Å². The first-order valence-electron chi connectivity index (χ1n) is 17.1. The predicted octanol–water partition coefficient (Wildman–Crippen LogP) is 6.82. The summed E-state index contributed by atoms with van der Waals surface area (Å²) in [5.74, 6) is -0.531. The second-order valence-electron chi connectivity index (χ2n) is 15.7. The zero-order chi connectivity index (χ0) is 35.3. The van der Waals surface area contributed by atoms with Gasteiger partial charge in [0.05, 0.1) is 18.0 Å². The number of sulfonamides is 1. The molecular formula is C38H44F3NO6S. The van der Waals surface area contributed by atoms with Crippen LogP contribution in [0.1, 0.15) is 74.7 Å². The Morgan fingerprint density at radius 2 is 1.57 bits per heavy atom. The Bertz CT molecular complexity index is 1810. The maximum absolute atomic E-state index is 14.6. The van der Waals surface area contributed by atoms with Crippen molar-refractivity contribution < 1.29 is 41.3 Å². The highest BCUT2D eigenvalue weighted by Crippen LogP contribution is 2.78. The minimum Gasteiger partial charge on any atom is -0.406 e. The van der Waals surface area contributed by atoms with Crippen LogP contribution in [-0.4, -0.2) is 59.6 Å². The smallest absolute Gasteiger partial charge is 0.406 e. The molecule has 264 valence electrons. The highest BCUT2D eigenvalue weighted by Gasteiger charge is 2.74. The summed E-state index contributed by atoms with van der Waals surface area (Å²) in [6.07, 6.45) is 6.70. The van der Waals surface area contributed by atoms with Crippen LogP contribution in [0.2, 0.25) is 0 Å². The lowest BCUT2D eigenvalue weighted by Crippen LogP contribution is -2.67. The van der Waals surface area contributed by atoms with Gasteiger partial charge in [-0.25, -0.2) is 8.42 Å². The largest absolute Gasteiger partial charge is 0.573 e. The van der Waals surface area contributed by atoms with E-state index in [0.717, 1.165) is 36.8 Å². The van der Waals surface area contributed by atoms with Gasteiger partial charge in [0.25, 0.3) is 0 Å². The summed E-state index contributed by atoms with van der Waals surface area (Å²) in [7, 11) is -3.86. The van der Waals surface area contributed by atoms with E-state index in [4.69, 9.17) is 0 Å². The zero-order valence-corrected chi connectivity index (χ0v) is 28.9. The average Bonchev–Trinajstić information content (AvgIpc) is 3.30. The Balaban J connectivity index is 1.26. The lowest BCUT2D eigenvalue weighted by atomic mass is 9.32. The van der Waals surface area contributed by atoms with Gasteiger partial charge in [0, 0.05) is 40.5 Å². The molecule has 0 heterocycles. The number of ketones is 1. The molecule has 0 aliphatic heterocycles. The fourth-order valence-corrected chi connectivity index (χ4v) is 11.8. The van der Waals surface area contributed by atoms with Gasteiger partial charge in [0.1, 0.15) is 5.75 Å². The van der Waals surface area contributed by atoms with Crippen LogP contribution in [0.25, 0.3) is 0 Å². The molecule has 0 radical (unpaired) electrons. The quantitative estimate of drug-likeness (QED) is 0.232. The monoisotopic (exact) mass is 699 g/mol. The third-order valence-electron chi connectivity index (χ3n) is 13.4. The van der Waals surface area contributed by atoms with Crippen LogP contribution >= 0.6 is 0 Å². The fraction of sp³-hybridized carbons (Fsp3) is 0.553. The van der Waals surface area contributed by atoms with Gasteiger partial charge < -0.3 is 14.9 Å². The van der Waals surface area contributed by atoms with E-state index in [1.807, 2.05) is 37.3 Å². The Kier molecular flexibility index (Phi) is 7.91. The molecule has 49 heavy (non-hydrogen) atoms. The maximum atomic E-state index is 14.6.